The highest BCUT2D eigenvalue weighted by Gasteiger charge is 2.41. The van der Waals surface area contributed by atoms with Gasteiger partial charge in [-0.05, 0) is 61.8 Å². The summed E-state index contributed by atoms with van der Waals surface area (Å²) in [6.07, 6.45) is 1.05. The lowest BCUT2D eigenvalue weighted by atomic mass is 10.1. The van der Waals surface area contributed by atoms with Crippen molar-refractivity contribution in [3.05, 3.63) is 52.5 Å². The lowest BCUT2D eigenvalue weighted by Gasteiger charge is -2.11. The van der Waals surface area contributed by atoms with E-state index in [-0.39, 0.29) is 22.8 Å². The maximum atomic E-state index is 13.0. The van der Waals surface area contributed by atoms with Crippen LogP contribution in [0.2, 0.25) is 0 Å². The highest BCUT2D eigenvalue weighted by molar-refractivity contribution is 7.98. The fourth-order valence-corrected chi connectivity index (χ4v) is 4.49. The van der Waals surface area contributed by atoms with Crippen molar-refractivity contribution < 1.29 is 18.3 Å². The summed E-state index contributed by atoms with van der Waals surface area (Å²) in [7, 11) is 1.56. The molecule has 4 rings (SSSR count). The summed E-state index contributed by atoms with van der Waals surface area (Å²) in [4.78, 5) is 22.4. The normalized spacial score (nSPS) is 17.6. The van der Waals surface area contributed by atoms with Crippen LogP contribution in [0.1, 0.15) is 41.8 Å². The minimum absolute atomic E-state index is 0.119. The standard InChI is InChI=1S/C21H20F2N4O2S2/c1-11-7-15(18(22)23)25-20(24-11)31-10-13-8-12(3-6-17(13)29-2)9-16-19(28)27(14-4-5-14)21(30)26-16/h3,6-9,14,18H,4-5,10H2,1-2H3,(H,26,30)/b16-9+. The maximum Gasteiger partial charge on any atom is 0.280 e. The second kappa shape index (κ2) is 8.88. The number of carbonyl (C=O) groups is 1. The first kappa shape index (κ1) is 21.6. The number of halogens is 2. The second-order valence-corrected chi connectivity index (χ2v) is 8.60. The van der Waals surface area contributed by atoms with E-state index in [0.717, 1.165) is 24.0 Å². The molecular weight excluding hydrogens is 442 g/mol. The molecule has 0 radical (unpaired) electrons. The lowest BCUT2D eigenvalue weighted by Crippen LogP contribution is -2.32. The van der Waals surface area contributed by atoms with E-state index < -0.39 is 6.43 Å². The quantitative estimate of drug-likeness (QED) is 0.286. The summed E-state index contributed by atoms with van der Waals surface area (Å²) in [6, 6.07) is 7.02. The fourth-order valence-electron chi connectivity index (χ4n) is 3.26. The van der Waals surface area contributed by atoms with E-state index in [0.29, 0.717) is 28.0 Å². The Balaban J connectivity index is 1.54. The third kappa shape index (κ3) is 4.85. The number of hydrogen-bond donors (Lipinski definition) is 1. The zero-order chi connectivity index (χ0) is 22.1. The summed E-state index contributed by atoms with van der Waals surface area (Å²) in [5.74, 6) is 0.949. The zero-order valence-electron chi connectivity index (χ0n) is 16.9. The van der Waals surface area contributed by atoms with Gasteiger partial charge in [0.1, 0.15) is 17.1 Å². The van der Waals surface area contributed by atoms with Crippen LogP contribution in [0.3, 0.4) is 0 Å². The number of aromatic nitrogens is 2. The molecule has 6 nitrogen and oxygen atoms in total. The number of benzene rings is 1. The number of methoxy groups -OCH3 is 1. The van der Waals surface area contributed by atoms with Gasteiger partial charge in [-0.1, -0.05) is 17.8 Å². The Labute approximate surface area is 188 Å². The number of carbonyl (C=O) groups excluding carboxylic acids is 1. The molecule has 0 unspecified atom stereocenters. The van der Waals surface area contributed by atoms with Gasteiger partial charge < -0.3 is 10.1 Å². The Morgan fingerprint density at radius 3 is 2.81 bits per heavy atom. The van der Waals surface area contributed by atoms with E-state index in [9.17, 15) is 13.6 Å². The molecule has 1 aliphatic heterocycles. The van der Waals surface area contributed by atoms with E-state index >= 15 is 0 Å². The van der Waals surface area contributed by atoms with Crippen molar-refractivity contribution in [2.75, 3.05) is 7.11 Å². The van der Waals surface area contributed by atoms with E-state index in [2.05, 4.69) is 15.3 Å². The molecule has 1 amide bonds. The maximum absolute atomic E-state index is 13.0. The Hall–Kier alpha value is -2.59. The Morgan fingerprint density at radius 1 is 1.35 bits per heavy atom. The number of thiocarbonyl (C=S) groups is 1. The van der Waals surface area contributed by atoms with Gasteiger partial charge in [-0.15, -0.1) is 0 Å². The topological polar surface area (TPSA) is 67.3 Å². The van der Waals surface area contributed by atoms with Gasteiger partial charge in [0.05, 0.1) is 7.11 Å². The molecule has 31 heavy (non-hydrogen) atoms. The minimum atomic E-state index is -2.65. The molecule has 2 aromatic rings. The van der Waals surface area contributed by atoms with Crippen molar-refractivity contribution >= 4 is 41.1 Å². The van der Waals surface area contributed by atoms with Gasteiger partial charge in [-0.2, -0.15) is 0 Å². The smallest absolute Gasteiger partial charge is 0.280 e. The first-order valence-electron chi connectivity index (χ1n) is 9.65. The van der Waals surface area contributed by atoms with Crippen LogP contribution in [0.4, 0.5) is 8.78 Å². The van der Waals surface area contributed by atoms with Crippen LogP contribution in [0.25, 0.3) is 6.08 Å². The van der Waals surface area contributed by atoms with Gasteiger partial charge in [0.2, 0.25) is 0 Å². The van der Waals surface area contributed by atoms with Gasteiger partial charge in [-0.25, -0.2) is 18.7 Å². The average molecular weight is 463 g/mol. The molecule has 162 valence electrons. The summed E-state index contributed by atoms with van der Waals surface area (Å²) < 4.78 is 31.5. The van der Waals surface area contributed by atoms with E-state index in [4.69, 9.17) is 17.0 Å². The number of nitrogens with zero attached hydrogens (tertiary/aromatic N) is 3. The largest absolute Gasteiger partial charge is 0.496 e. The third-order valence-corrected chi connectivity index (χ3v) is 6.07. The SMILES string of the molecule is COc1ccc(/C=C2/NC(=S)N(C3CC3)C2=O)cc1CSc1nc(C)cc(C(F)F)n1. The molecule has 1 saturated carbocycles. The van der Waals surface area contributed by atoms with Gasteiger partial charge in [0, 0.05) is 23.1 Å². The molecule has 1 aliphatic carbocycles. The fraction of sp³-hybridized carbons (Fsp3) is 0.333. The van der Waals surface area contributed by atoms with Crippen LogP contribution in [-0.2, 0) is 10.5 Å². The molecule has 1 aromatic carbocycles. The predicted molar refractivity (Wildman–Crippen MR) is 118 cm³/mol. The number of hydrogen-bond acceptors (Lipinski definition) is 6. The van der Waals surface area contributed by atoms with Crippen molar-refractivity contribution in [2.24, 2.45) is 0 Å². The molecule has 0 atom stereocenters. The summed E-state index contributed by atoms with van der Waals surface area (Å²) >= 11 is 6.54. The van der Waals surface area contributed by atoms with Crippen molar-refractivity contribution in [3.8, 4) is 5.75 Å². The van der Waals surface area contributed by atoms with Crippen molar-refractivity contribution in [2.45, 2.75) is 43.1 Å². The number of nitrogens with one attached hydrogen (secondary N) is 1. The van der Waals surface area contributed by atoms with Crippen LogP contribution >= 0.6 is 24.0 Å². The number of rotatable bonds is 7. The molecular formula is C21H20F2N4O2S2. The van der Waals surface area contributed by atoms with Gasteiger partial charge in [0.15, 0.2) is 10.3 Å². The highest BCUT2D eigenvalue weighted by atomic mass is 32.2. The van der Waals surface area contributed by atoms with E-state index in [1.165, 1.54) is 17.8 Å². The van der Waals surface area contributed by atoms with Crippen LogP contribution in [0.15, 0.2) is 35.1 Å². The number of ether oxygens (including phenoxy) is 1. The Morgan fingerprint density at radius 2 is 2.13 bits per heavy atom. The summed E-state index contributed by atoms with van der Waals surface area (Å²) in [5, 5.41) is 3.71. The van der Waals surface area contributed by atoms with Crippen LogP contribution in [0, 0.1) is 6.92 Å². The number of alkyl halides is 2. The summed E-state index contributed by atoms with van der Waals surface area (Å²) in [6.45, 7) is 1.66. The van der Waals surface area contributed by atoms with E-state index in [1.54, 1.807) is 31.1 Å². The predicted octanol–water partition coefficient (Wildman–Crippen LogP) is 4.24. The average Bonchev–Trinajstić information content (AvgIpc) is 3.52. The molecule has 1 N–H and O–H groups in total. The van der Waals surface area contributed by atoms with Crippen molar-refractivity contribution in [1.29, 1.82) is 0 Å². The molecule has 1 aromatic heterocycles. The Bertz CT molecular complexity index is 1070. The minimum Gasteiger partial charge on any atom is -0.496 e. The number of aryl methyl sites for hydroxylation is 1. The number of amides is 1. The first-order valence-corrected chi connectivity index (χ1v) is 11.0. The second-order valence-electron chi connectivity index (χ2n) is 7.27. The van der Waals surface area contributed by atoms with E-state index in [1.807, 2.05) is 12.1 Å². The van der Waals surface area contributed by atoms with Crippen molar-refractivity contribution in [3.63, 3.8) is 0 Å². The molecule has 2 aliphatic rings. The van der Waals surface area contributed by atoms with Crippen molar-refractivity contribution in [1.82, 2.24) is 20.2 Å². The molecule has 2 fully saturated rings. The molecule has 0 spiro atoms. The Kier molecular flexibility index (Phi) is 6.19. The monoisotopic (exact) mass is 462 g/mol. The third-order valence-electron chi connectivity index (χ3n) is 4.87. The van der Waals surface area contributed by atoms with Gasteiger partial charge in [-0.3, -0.25) is 9.69 Å². The van der Waals surface area contributed by atoms with Gasteiger partial charge >= 0.3 is 0 Å². The number of thioether (sulfide) groups is 1. The molecule has 1 saturated heterocycles. The van der Waals surface area contributed by atoms with Crippen LogP contribution < -0.4 is 10.1 Å². The molecule has 2 heterocycles. The van der Waals surface area contributed by atoms with Crippen LogP contribution in [0.5, 0.6) is 5.75 Å². The van der Waals surface area contributed by atoms with Crippen LogP contribution in [-0.4, -0.2) is 39.0 Å². The van der Waals surface area contributed by atoms with Gasteiger partial charge in [0.25, 0.3) is 12.3 Å². The summed E-state index contributed by atoms with van der Waals surface area (Å²) in [5.41, 5.74) is 2.26. The highest BCUT2D eigenvalue weighted by Crippen LogP contribution is 2.32. The lowest BCUT2D eigenvalue weighted by molar-refractivity contribution is -0.122. The first-order chi connectivity index (χ1) is 14.9. The molecule has 0 bridgehead atoms. The molecule has 10 heteroatoms. The zero-order valence-corrected chi connectivity index (χ0v) is 18.5.